The molecule has 0 amide bonds. The molecule has 2 aromatic rings. The van der Waals surface area contributed by atoms with E-state index in [1.54, 1.807) is 0 Å². The molecule has 0 N–H and O–H groups in total. The summed E-state index contributed by atoms with van der Waals surface area (Å²) in [4.78, 5) is 16.1. The zero-order chi connectivity index (χ0) is 15.1. The predicted octanol–water partition coefficient (Wildman–Crippen LogP) is 3.28. The highest BCUT2D eigenvalue weighted by Crippen LogP contribution is 2.10. The lowest BCUT2D eigenvalue weighted by atomic mass is 10.0. The molecule has 108 valence electrons. The van der Waals surface area contributed by atoms with E-state index < -0.39 is 0 Å². The van der Waals surface area contributed by atoms with Gasteiger partial charge in [-0.25, -0.2) is 0 Å². The molecule has 0 fully saturated rings. The molecule has 0 spiro atoms. The number of hydrogen-bond acceptors (Lipinski definition) is 3. The molecule has 0 aliphatic carbocycles. The first-order valence-electron chi connectivity index (χ1n) is 6.93. The Morgan fingerprint density at radius 2 is 1.86 bits per heavy atom. The van der Waals surface area contributed by atoms with Crippen molar-refractivity contribution in [2.24, 2.45) is 4.99 Å². The van der Waals surface area contributed by atoms with Gasteiger partial charge < -0.3 is 9.73 Å². The quantitative estimate of drug-likeness (QED) is 0.479. The first kappa shape index (κ1) is 15.0. The zero-order valence-electron chi connectivity index (χ0n) is 12.2. The van der Waals surface area contributed by atoms with Crippen molar-refractivity contribution in [2.45, 2.75) is 20.0 Å². The summed E-state index contributed by atoms with van der Waals surface area (Å²) in [6.07, 6.45) is -0.129. The molecule has 0 saturated carbocycles. The summed E-state index contributed by atoms with van der Waals surface area (Å²) in [6.45, 7) is 3.65. The number of rotatable bonds is 5. The van der Waals surface area contributed by atoms with Crippen LogP contribution in [0.3, 0.4) is 0 Å². The van der Waals surface area contributed by atoms with Crippen molar-refractivity contribution in [3.63, 3.8) is 0 Å². The van der Waals surface area contributed by atoms with Crippen molar-refractivity contribution in [2.75, 3.05) is 6.54 Å². The summed E-state index contributed by atoms with van der Waals surface area (Å²) in [5, 5.41) is 0. The highest BCUT2D eigenvalue weighted by molar-refractivity contribution is 6.13. The van der Waals surface area contributed by atoms with Crippen LogP contribution in [0.4, 0.5) is 0 Å². The second kappa shape index (κ2) is 7.39. The molecular formula is C18H18NO2-. The van der Waals surface area contributed by atoms with Gasteiger partial charge in [0.05, 0.1) is 6.10 Å². The fourth-order valence-corrected chi connectivity index (χ4v) is 1.91. The van der Waals surface area contributed by atoms with Gasteiger partial charge in [0.25, 0.3) is 0 Å². The van der Waals surface area contributed by atoms with Gasteiger partial charge in [-0.05, 0) is 25.1 Å². The maximum Gasteiger partial charge on any atom is 0.326 e. The Morgan fingerprint density at radius 1 is 1.14 bits per heavy atom. The van der Waals surface area contributed by atoms with Crippen LogP contribution in [-0.4, -0.2) is 24.3 Å². The predicted molar refractivity (Wildman–Crippen MR) is 83.5 cm³/mol. The number of nitrogens with zero attached hydrogens (tertiary/aromatic N) is 1. The monoisotopic (exact) mass is 280 g/mol. The van der Waals surface area contributed by atoms with Crippen LogP contribution in [0.2, 0.25) is 0 Å². The smallest absolute Gasteiger partial charge is 0.326 e. The van der Waals surface area contributed by atoms with Crippen molar-refractivity contribution >= 4 is 11.7 Å². The first-order chi connectivity index (χ1) is 10.2. The molecule has 0 bridgehead atoms. The van der Waals surface area contributed by atoms with Crippen LogP contribution in [0, 0.1) is 6.07 Å². The van der Waals surface area contributed by atoms with E-state index in [-0.39, 0.29) is 18.6 Å². The van der Waals surface area contributed by atoms with Crippen molar-refractivity contribution in [1.82, 2.24) is 0 Å². The van der Waals surface area contributed by atoms with Crippen LogP contribution in [0.25, 0.3) is 0 Å². The summed E-state index contributed by atoms with van der Waals surface area (Å²) in [5.41, 5.74) is 2.57. The standard InChI is InChI=1S/C18H18NO2/c1-14(2)21-17(20)13-19-18(15-9-5-3-6-10-15)16-11-7-4-8-12-16/h3-11,14H,13H2,1-2H3/q-1. The fourth-order valence-electron chi connectivity index (χ4n) is 1.91. The maximum atomic E-state index is 11.7. The van der Waals surface area contributed by atoms with Gasteiger partial charge in [-0.3, -0.25) is 4.79 Å². The number of hydrogen-bond donors (Lipinski definition) is 0. The molecule has 2 aromatic carbocycles. The molecule has 21 heavy (non-hydrogen) atoms. The van der Waals surface area contributed by atoms with Crippen LogP contribution in [-0.2, 0) is 9.53 Å². The zero-order valence-corrected chi connectivity index (χ0v) is 12.2. The Kier molecular flexibility index (Phi) is 5.27. The van der Waals surface area contributed by atoms with Gasteiger partial charge in [0, 0.05) is 0 Å². The Balaban J connectivity index is 2.27. The van der Waals surface area contributed by atoms with Crippen LogP contribution in [0.1, 0.15) is 25.0 Å². The number of aliphatic imine (C=N–C) groups is 1. The molecule has 3 nitrogen and oxygen atoms in total. The second-order valence-corrected chi connectivity index (χ2v) is 4.85. The van der Waals surface area contributed by atoms with Crippen molar-refractivity contribution < 1.29 is 9.53 Å². The van der Waals surface area contributed by atoms with Crippen molar-refractivity contribution in [1.29, 1.82) is 0 Å². The van der Waals surface area contributed by atoms with E-state index in [1.807, 2.05) is 68.4 Å². The van der Waals surface area contributed by atoms with E-state index in [2.05, 4.69) is 11.1 Å². The van der Waals surface area contributed by atoms with Gasteiger partial charge in [-0.2, -0.15) is 0 Å². The lowest BCUT2D eigenvalue weighted by molar-refractivity contribution is -0.145. The van der Waals surface area contributed by atoms with Crippen molar-refractivity contribution in [3.8, 4) is 0 Å². The average Bonchev–Trinajstić information content (AvgIpc) is 2.49. The summed E-state index contributed by atoms with van der Waals surface area (Å²) in [6, 6.07) is 20.5. The lowest BCUT2D eigenvalue weighted by Crippen LogP contribution is -2.15. The highest BCUT2D eigenvalue weighted by Gasteiger charge is 2.05. The second-order valence-electron chi connectivity index (χ2n) is 4.85. The topological polar surface area (TPSA) is 38.7 Å². The van der Waals surface area contributed by atoms with Gasteiger partial charge >= 0.3 is 5.97 Å². The number of ether oxygens (including phenoxy) is 1. The minimum absolute atomic E-state index is 0.00510. The Bertz CT molecular complexity index is 562. The van der Waals surface area contributed by atoms with Gasteiger partial charge in [0.15, 0.2) is 0 Å². The minimum Gasteiger partial charge on any atom is -0.462 e. The first-order valence-corrected chi connectivity index (χ1v) is 6.93. The minimum atomic E-state index is -0.325. The van der Waals surface area contributed by atoms with Crippen LogP contribution >= 0.6 is 0 Å². The Hall–Kier alpha value is -2.42. The third kappa shape index (κ3) is 4.56. The average molecular weight is 280 g/mol. The van der Waals surface area contributed by atoms with E-state index in [9.17, 15) is 4.79 Å². The molecule has 0 saturated heterocycles. The molecule has 0 aliphatic heterocycles. The molecule has 0 atom stereocenters. The lowest BCUT2D eigenvalue weighted by Gasteiger charge is -2.14. The normalized spacial score (nSPS) is 11.5. The maximum absolute atomic E-state index is 11.7. The molecule has 2 rings (SSSR count). The fraction of sp³-hybridized carbons (Fsp3) is 0.222. The number of carbonyl (C=O) groups excluding carboxylic acids is 1. The molecular weight excluding hydrogens is 262 g/mol. The summed E-state index contributed by atoms with van der Waals surface area (Å²) < 4.78 is 5.12. The molecule has 0 aliphatic rings. The Morgan fingerprint density at radius 3 is 2.48 bits per heavy atom. The van der Waals surface area contributed by atoms with Crippen LogP contribution < -0.4 is 0 Å². The summed E-state index contributed by atoms with van der Waals surface area (Å²) in [5.74, 6) is -0.325. The highest BCUT2D eigenvalue weighted by atomic mass is 16.5. The molecule has 0 aromatic heterocycles. The third-order valence-corrected chi connectivity index (χ3v) is 2.74. The van der Waals surface area contributed by atoms with E-state index >= 15 is 0 Å². The number of esters is 1. The summed E-state index contributed by atoms with van der Waals surface area (Å²) in [7, 11) is 0. The third-order valence-electron chi connectivity index (χ3n) is 2.74. The van der Waals surface area contributed by atoms with Crippen LogP contribution in [0.5, 0.6) is 0 Å². The van der Waals surface area contributed by atoms with Gasteiger partial charge in [-0.1, -0.05) is 30.3 Å². The largest absolute Gasteiger partial charge is 0.462 e. The van der Waals surface area contributed by atoms with Gasteiger partial charge in [0.2, 0.25) is 0 Å². The van der Waals surface area contributed by atoms with E-state index in [1.165, 1.54) is 0 Å². The summed E-state index contributed by atoms with van der Waals surface area (Å²) >= 11 is 0. The van der Waals surface area contributed by atoms with E-state index in [0.29, 0.717) is 0 Å². The molecule has 3 heteroatoms. The number of carbonyl (C=O) groups is 1. The van der Waals surface area contributed by atoms with Crippen LogP contribution in [0.15, 0.2) is 59.6 Å². The van der Waals surface area contributed by atoms with Crippen molar-refractivity contribution in [3.05, 3.63) is 71.8 Å². The SMILES string of the molecule is CC(C)OC(=O)CN=C(c1[c-]cccc1)c1ccccc1. The van der Waals surface area contributed by atoms with E-state index in [4.69, 9.17) is 4.74 Å². The Labute approximate surface area is 125 Å². The van der Waals surface area contributed by atoms with E-state index in [0.717, 1.165) is 16.8 Å². The molecule has 0 radical (unpaired) electrons. The number of benzene rings is 2. The van der Waals surface area contributed by atoms with Gasteiger partial charge in [0.1, 0.15) is 6.54 Å². The molecule has 0 heterocycles. The van der Waals surface area contributed by atoms with Gasteiger partial charge in [-0.15, -0.1) is 35.9 Å². The molecule has 0 unspecified atom stereocenters.